The molecule has 3 rings (SSSR count). The zero-order valence-corrected chi connectivity index (χ0v) is 11.4. The minimum atomic E-state index is 0.0722. The SMILES string of the molecule is CC(C)Oc1nc(-c2cnccn2)cc2ccccc12. The van der Waals surface area contributed by atoms with Crippen LogP contribution in [0, 0.1) is 0 Å². The third-order valence-corrected chi connectivity index (χ3v) is 2.88. The molecule has 0 radical (unpaired) electrons. The molecule has 1 aromatic carbocycles. The molecule has 0 unspecified atom stereocenters. The van der Waals surface area contributed by atoms with E-state index >= 15 is 0 Å². The molecule has 0 saturated carbocycles. The summed E-state index contributed by atoms with van der Waals surface area (Å²) < 4.78 is 5.83. The molecule has 0 spiro atoms. The predicted octanol–water partition coefficient (Wildman–Crippen LogP) is 3.48. The van der Waals surface area contributed by atoms with Crippen molar-refractivity contribution in [3.63, 3.8) is 0 Å². The smallest absolute Gasteiger partial charge is 0.222 e. The van der Waals surface area contributed by atoms with Gasteiger partial charge in [-0.1, -0.05) is 18.2 Å². The Kier molecular flexibility index (Phi) is 3.29. The Morgan fingerprint density at radius 2 is 1.90 bits per heavy atom. The maximum atomic E-state index is 5.83. The van der Waals surface area contributed by atoms with Crippen LogP contribution in [0.15, 0.2) is 48.9 Å². The van der Waals surface area contributed by atoms with Crippen molar-refractivity contribution in [3.05, 3.63) is 48.9 Å². The van der Waals surface area contributed by atoms with Crippen LogP contribution in [0.5, 0.6) is 5.88 Å². The number of fused-ring (bicyclic) bond motifs is 1. The van der Waals surface area contributed by atoms with Crippen LogP contribution >= 0.6 is 0 Å². The van der Waals surface area contributed by atoms with Crippen LogP contribution in [0.25, 0.3) is 22.2 Å². The lowest BCUT2D eigenvalue weighted by Gasteiger charge is -2.12. The lowest BCUT2D eigenvalue weighted by atomic mass is 10.1. The minimum Gasteiger partial charge on any atom is -0.474 e. The van der Waals surface area contributed by atoms with Gasteiger partial charge < -0.3 is 4.74 Å². The van der Waals surface area contributed by atoms with Gasteiger partial charge in [-0.15, -0.1) is 0 Å². The summed E-state index contributed by atoms with van der Waals surface area (Å²) in [6.45, 7) is 3.98. The number of rotatable bonds is 3. The summed E-state index contributed by atoms with van der Waals surface area (Å²) in [6.07, 6.45) is 5.09. The third-order valence-electron chi connectivity index (χ3n) is 2.88. The first kappa shape index (κ1) is 12.5. The highest BCUT2D eigenvalue weighted by atomic mass is 16.5. The summed E-state index contributed by atoms with van der Waals surface area (Å²) >= 11 is 0. The Bertz CT molecular complexity index is 726. The van der Waals surface area contributed by atoms with E-state index in [1.165, 1.54) is 0 Å². The number of hydrogen-bond acceptors (Lipinski definition) is 4. The second-order valence-electron chi connectivity index (χ2n) is 4.79. The Balaban J connectivity index is 2.20. The number of aromatic nitrogens is 3. The van der Waals surface area contributed by atoms with Crippen molar-refractivity contribution in [2.75, 3.05) is 0 Å². The maximum Gasteiger partial charge on any atom is 0.222 e. The second-order valence-corrected chi connectivity index (χ2v) is 4.79. The zero-order valence-electron chi connectivity index (χ0n) is 11.4. The molecule has 0 amide bonds. The van der Waals surface area contributed by atoms with Crippen LogP contribution in [-0.4, -0.2) is 21.1 Å². The van der Waals surface area contributed by atoms with E-state index in [0.717, 1.165) is 22.2 Å². The average Bonchev–Trinajstić information content (AvgIpc) is 2.47. The van der Waals surface area contributed by atoms with Crippen LogP contribution in [-0.2, 0) is 0 Å². The van der Waals surface area contributed by atoms with Crippen LogP contribution in [0.1, 0.15) is 13.8 Å². The van der Waals surface area contributed by atoms with Crippen molar-refractivity contribution in [1.29, 1.82) is 0 Å². The minimum absolute atomic E-state index is 0.0722. The van der Waals surface area contributed by atoms with Gasteiger partial charge in [-0.2, -0.15) is 0 Å². The van der Waals surface area contributed by atoms with Gasteiger partial charge >= 0.3 is 0 Å². The summed E-state index contributed by atoms with van der Waals surface area (Å²) in [5.41, 5.74) is 1.51. The molecule has 0 saturated heterocycles. The molecular formula is C16H15N3O. The molecule has 20 heavy (non-hydrogen) atoms. The molecule has 2 aromatic heterocycles. The number of ether oxygens (including phenoxy) is 1. The van der Waals surface area contributed by atoms with Gasteiger partial charge in [-0.3, -0.25) is 9.97 Å². The maximum absolute atomic E-state index is 5.83. The van der Waals surface area contributed by atoms with Crippen molar-refractivity contribution >= 4 is 10.8 Å². The first-order valence-electron chi connectivity index (χ1n) is 6.57. The molecule has 0 aliphatic carbocycles. The molecule has 0 aliphatic heterocycles. The highest BCUT2D eigenvalue weighted by molar-refractivity contribution is 5.89. The first-order chi connectivity index (χ1) is 9.74. The van der Waals surface area contributed by atoms with Crippen molar-refractivity contribution < 1.29 is 4.74 Å². The van der Waals surface area contributed by atoms with Crippen molar-refractivity contribution in [2.45, 2.75) is 20.0 Å². The van der Waals surface area contributed by atoms with Crippen molar-refractivity contribution in [1.82, 2.24) is 15.0 Å². The Morgan fingerprint density at radius 3 is 2.65 bits per heavy atom. The molecule has 2 heterocycles. The molecule has 4 nitrogen and oxygen atoms in total. The van der Waals surface area contributed by atoms with Crippen LogP contribution in [0.4, 0.5) is 0 Å². The molecule has 3 aromatic rings. The number of benzene rings is 1. The van der Waals surface area contributed by atoms with E-state index in [2.05, 4.69) is 15.0 Å². The Hall–Kier alpha value is -2.49. The summed E-state index contributed by atoms with van der Waals surface area (Å²) in [4.78, 5) is 13.0. The molecule has 0 aliphatic rings. The van der Waals surface area contributed by atoms with Gasteiger partial charge in [0, 0.05) is 17.8 Å². The fraction of sp³-hybridized carbons (Fsp3) is 0.188. The summed E-state index contributed by atoms with van der Waals surface area (Å²) in [5.74, 6) is 0.638. The topological polar surface area (TPSA) is 47.9 Å². The van der Waals surface area contributed by atoms with Gasteiger partial charge in [0.05, 0.1) is 18.0 Å². The van der Waals surface area contributed by atoms with E-state index in [4.69, 9.17) is 4.74 Å². The van der Waals surface area contributed by atoms with Crippen LogP contribution < -0.4 is 4.74 Å². The van der Waals surface area contributed by atoms with E-state index in [0.29, 0.717) is 5.88 Å². The normalized spacial score (nSPS) is 10.9. The van der Waals surface area contributed by atoms with Gasteiger partial charge in [0.1, 0.15) is 5.69 Å². The number of pyridine rings is 1. The monoisotopic (exact) mass is 265 g/mol. The molecule has 4 heteroatoms. The molecular weight excluding hydrogens is 250 g/mol. The van der Waals surface area contributed by atoms with E-state index in [9.17, 15) is 0 Å². The zero-order chi connectivity index (χ0) is 13.9. The molecule has 100 valence electrons. The average molecular weight is 265 g/mol. The molecule has 0 fully saturated rings. The second kappa shape index (κ2) is 5.25. The first-order valence-corrected chi connectivity index (χ1v) is 6.57. The fourth-order valence-corrected chi connectivity index (χ4v) is 2.04. The summed E-state index contributed by atoms with van der Waals surface area (Å²) in [6, 6.07) is 10.1. The Labute approximate surface area is 117 Å². The van der Waals surface area contributed by atoms with E-state index in [1.807, 2.05) is 44.2 Å². The predicted molar refractivity (Wildman–Crippen MR) is 78.5 cm³/mol. The van der Waals surface area contributed by atoms with Gasteiger partial charge in [0.15, 0.2) is 0 Å². The van der Waals surface area contributed by atoms with E-state index < -0.39 is 0 Å². The van der Waals surface area contributed by atoms with Gasteiger partial charge in [0.25, 0.3) is 0 Å². The highest BCUT2D eigenvalue weighted by Gasteiger charge is 2.10. The molecule has 0 N–H and O–H groups in total. The summed E-state index contributed by atoms with van der Waals surface area (Å²) in [7, 11) is 0. The van der Waals surface area contributed by atoms with Gasteiger partial charge in [-0.05, 0) is 31.4 Å². The van der Waals surface area contributed by atoms with E-state index in [-0.39, 0.29) is 6.10 Å². The summed E-state index contributed by atoms with van der Waals surface area (Å²) in [5, 5.41) is 2.09. The Morgan fingerprint density at radius 1 is 1.05 bits per heavy atom. The van der Waals surface area contributed by atoms with Crippen LogP contribution in [0.3, 0.4) is 0 Å². The van der Waals surface area contributed by atoms with Gasteiger partial charge in [-0.25, -0.2) is 4.98 Å². The molecule has 0 atom stereocenters. The number of hydrogen-bond donors (Lipinski definition) is 0. The molecule has 0 bridgehead atoms. The van der Waals surface area contributed by atoms with Gasteiger partial charge in [0.2, 0.25) is 5.88 Å². The third kappa shape index (κ3) is 2.45. The van der Waals surface area contributed by atoms with E-state index in [1.54, 1.807) is 18.6 Å². The highest BCUT2D eigenvalue weighted by Crippen LogP contribution is 2.28. The largest absolute Gasteiger partial charge is 0.474 e. The lowest BCUT2D eigenvalue weighted by molar-refractivity contribution is 0.236. The van der Waals surface area contributed by atoms with Crippen LogP contribution in [0.2, 0.25) is 0 Å². The quantitative estimate of drug-likeness (QED) is 0.727. The lowest BCUT2D eigenvalue weighted by Crippen LogP contribution is -2.07. The number of nitrogens with zero attached hydrogens (tertiary/aromatic N) is 3. The van der Waals surface area contributed by atoms with Crippen molar-refractivity contribution in [3.8, 4) is 17.3 Å². The fourth-order valence-electron chi connectivity index (χ4n) is 2.04. The standard InChI is InChI=1S/C16H15N3O/c1-11(2)20-16-13-6-4-3-5-12(13)9-14(19-16)15-10-17-7-8-18-15/h3-11H,1-2H3. The van der Waals surface area contributed by atoms with Crippen molar-refractivity contribution in [2.24, 2.45) is 0 Å².